The molecule has 0 bridgehead atoms. The van der Waals surface area contributed by atoms with Crippen molar-refractivity contribution in [3.05, 3.63) is 45.4 Å². The molecule has 18 heavy (non-hydrogen) atoms. The number of phenols is 1. The molecule has 0 spiro atoms. The van der Waals surface area contributed by atoms with Gasteiger partial charge in [-0.15, -0.1) is 11.3 Å². The first-order valence-electron chi connectivity index (χ1n) is 6.01. The molecule has 2 aromatic rings. The van der Waals surface area contributed by atoms with Crippen LogP contribution < -0.4 is 5.32 Å². The van der Waals surface area contributed by atoms with Gasteiger partial charge in [0, 0.05) is 17.5 Å². The van der Waals surface area contributed by atoms with E-state index in [-0.39, 0.29) is 0 Å². The van der Waals surface area contributed by atoms with Gasteiger partial charge in [0.1, 0.15) is 5.75 Å². The van der Waals surface area contributed by atoms with Crippen LogP contribution in [0.25, 0.3) is 0 Å². The molecule has 3 nitrogen and oxygen atoms in total. The Kier molecular flexibility index (Phi) is 3.99. The van der Waals surface area contributed by atoms with Gasteiger partial charge >= 0.3 is 0 Å². The number of hydrogen-bond donors (Lipinski definition) is 2. The minimum atomic E-state index is 0.296. The monoisotopic (exact) mass is 262 g/mol. The molecule has 1 atom stereocenters. The summed E-state index contributed by atoms with van der Waals surface area (Å²) < 4.78 is 0. The Balaban J connectivity index is 1.98. The summed E-state index contributed by atoms with van der Waals surface area (Å²) in [7, 11) is 0. The van der Waals surface area contributed by atoms with Crippen LogP contribution in [0.1, 0.15) is 34.1 Å². The third-order valence-corrected chi connectivity index (χ3v) is 4.14. The van der Waals surface area contributed by atoms with E-state index in [1.54, 1.807) is 23.5 Å². The number of thiazole rings is 1. The lowest BCUT2D eigenvalue weighted by atomic mass is 10.2. The van der Waals surface area contributed by atoms with Crippen molar-refractivity contribution in [3.63, 3.8) is 0 Å². The minimum absolute atomic E-state index is 0.296. The fraction of sp³-hybridized carbons (Fsp3) is 0.357. The van der Waals surface area contributed by atoms with Gasteiger partial charge in [-0.05, 0) is 38.5 Å². The molecule has 1 aromatic carbocycles. The van der Waals surface area contributed by atoms with Crippen LogP contribution in [0.15, 0.2) is 24.3 Å². The molecule has 1 heterocycles. The largest absolute Gasteiger partial charge is 0.508 e. The average Bonchev–Trinajstić information content (AvgIpc) is 2.67. The average molecular weight is 262 g/mol. The molecule has 0 saturated carbocycles. The SMILES string of the molecule is Cc1nc(C)c(C(C)NCc2ccc(O)cc2)s1. The van der Waals surface area contributed by atoms with Crippen LogP contribution in [-0.4, -0.2) is 10.1 Å². The molecular weight excluding hydrogens is 244 g/mol. The zero-order valence-corrected chi connectivity index (χ0v) is 11.7. The second-order valence-electron chi connectivity index (χ2n) is 4.45. The van der Waals surface area contributed by atoms with Crippen molar-refractivity contribution < 1.29 is 5.11 Å². The number of aromatic nitrogens is 1. The van der Waals surface area contributed by atoms with E-state index >= 15 is 0 Å². The number of rotatable bonds is 4. The summed E-state index contributed by atoms with van der Waals surface area (Å²) in [4.78, 5) is 5.74. The first-order chi connectivity index (χ1) is 8.56. The molecule has 2 N–H and O–H groups in total. The molecule has 0 aliphatic heterocycles. The van der Waals surface area contributed by atoms with Crippen molar-refractivity contribution in [3.8, 4) is 5.75 Å². The summed E-state index contributed by atoms with van der Waals surface area (Å²) in [6.45, 7) is 7.03. The van der Waals surface area contributed by atoms with Crippen LogP contribution >= 0.6 is 11.3 Å². The second-order valence-corrected chi connectivity index (χ2v) is 5.69. The second kappa shape index (κ2) is 5.50. The molecule has 0 aliphatic rings. The van der Waals surface area contributed by atoms with Gasteiger partial charge in [-0.1, -0.05) is 12.1 Å². The predicted octanol–water partition coefficient (Wildman–Crippen LogP) is 3.32. The Morgan fingerprint density at radius 1 is 1.28 bits per heavy atom. The number of phenolic OH excluding ortho intramolecular Hbond substituents is 1. The Morgan fingerprint density at radius 3 is 2.50 bits per heavy atom. The fourth-order valence-electron chi connectivity index (χ4n) is 1.93. The van der Waals surface area contributed by atoms with Crippen LogP contribution in [0.2, 0.25) is 0 Å². The van der Waals surface area contributed by atoms with Crippen molar-refractivity contribution in [1.29, 1.82) is 0 Å². The number of nitrogens with zero attached hydrogens (tertiary/aromatic N) is 1. The Morgan fingerprint density at radius 2 is 1.94 bits per heavy atom. The minimum Gasteiger partial charge on any atom is -0.508 e. The van der Waals surface area contributed by atoms with Crippen molar-refractivity contribution in [2.75, 3.05) is 0 Å². The topological polar surface area (TPSA) is 45.2 Å². The smallest absolute Gasteiger partial charge is 0.115 e. The van der Waals surface area contributed by atoms with Crippen molar-refractivity contribution in [2.45, 2.75) is 33.4 Å². The third-order valence-electron chi connectivity index (χ3n) is 2.88. The molecule has 96 valence electrons. The van der Waals surface area contributed by atoms with Crippen molar-refractivity contribution in [2.24, 2.45) is 0 Å². The highest BCUT2D eigenvalue weighted by molar-refractivity contribution is 7.11. The summed E-state index contributed by atoms with van der Waals surface area (Å²) in [6.07, 6.45) is 0. The summed E-state index contributed by atoms with van der Waals surface area (Å²) in [6, 6.07) is 7.58. The molecule has 0 radical (unpaired) electrons. The van der Waals surface area contributed by atoms with Crippen molar-refractivity contribution in [1.82, 2.24) is 10.3 Å². The number of benzene rings is 1. The number of hydrogen-bond acceptors (Lipinski definition) is 4. The van der Waals surface area contributed by atoms with E-state index in [9.17, 15) is 5.11 Å². The van der Waals surface area contributed by atoms with E-state index in [4.69, 9.17) is 0 Å². The van der Waals surface area contributed by atoms with E-state index in [0.29, 0.717) is 11.8 Å². The van der Waals surface area contributed by atoms with E-state index < -0.39 is 0 Å². The maximum absolute atomic E-state index is 9.22. The predicted molar refractivity (Wildman–Crippen MR) is 74.9 cm³/mol. The first-order valence-corrected chi connectivity index (χ1v) is 6.83. The Hall–Kier alpha value is -1.39. The summed E-state index contributed by atoms with van der Waals surface area (Å²) in [5.41, 5.74) is 2.28. The first kappa shape index (κ1) is 13.1. The number of nitrogens with one attached hydrogen (secondary N) is 1. The third kappa shape index (κ3) is 3.09. The maximum atomic E-state index is 9.22. The van der Waals surface area contributed by atoms with Crippen LogP contribution in [0, 0.1) is 13.8 Å². The van der Waals surface area contributed by atoms with E-state index in [0.717, 1.165) is 17.2 Å². The van der Waals surface area contributed by atoms with Crippen LogP contribution in [0.3, 0.4) is 0 Å². The summed E-state index contributed by atoms with van der Waals surface area (Å²) in [5.74, 6) is 0.306. The van der Waals surface area contributed by atoms with E-state index in [2.05, 4.69) is 24.1 Å². The highest BCUT2D eigenvalue weighted by atomic mass is 32.1. The Labute approximate surface area is 112 Å². The lowest BCUT2D eigenvalue weighted by Crippen LogP contribution is -2.17. The van der Waals surface area contributed by atoms with Crippen LogP contribution in [-0.2, 0) is 6.54 Å². The maximum Gasteiger partial charge on any atom is 0.115 e. The van der Waals surface area contributed by atoms with Gasteiger partial charge in [-0.3, -0.25) is 0 Å². The molecule has 4 heteroatoms. The summed E-state index contributed by atoms with van der Waals surface area (Å²) in [5, 5.41) is 13.8. The summed E-state index contributed by atoms with van der Waals surface area (Å²) >= 11 is 1.75. The molecule has 0 aliphatic carbocycles. The Bertz CT molecular complexity index is 519. The van der Waals surface area contributed by atoms with Gasteiger partial charge in [-0.2, -0.15) is 0 Å². The van der Waals surface area contributed by atoms with E-state index in [1.165, 1.54) is 10.4 Å². The quantitative estimate of drug-likeness (QED) is 0.888. The molecule has 1 unspecified atom stereocenters. The molecule has 2 rings (SSSR count). The van der Waals surface area contributed by atoms with Crippen LogP contribution in [0.5, 0.6) is 5.75 Å². The molecular formula is C14H18N2OS. The number of aryl methyl sites for hydroxylation is 2. The number of aromatic hydroxyl groups is 1. The van der Waals surface area contributed by atoms with Crippen molar-refractivity contribution >= 4 is 11.3 Å². The molecule has 0 saturated heterocycles. The zero-order valence-electron chi connectivity index (χ0n) is 10.9. The van der Waals surface area contributed by atoms with Gasteiger partial charge in [0.2, 0.25) is 0 Å². The highest BCUT2D eigenvalue weighted by Crippen LogP contribution is 2.24. The molecule has 0 fully saturated rings. The van der Waals surface area contributed by atoms with E-state index in [1.807, 2.05) is 19.1 Å². The lowest BCUT2D eigenvalue weighted by molar-refractivity contribution is 0.474. The lowest BCUT2D eigenvalue weighted by Gasteiger charge is -2.12. The van der Waals surface area contributed by atoms with Crippen LogP contribution in [0.4, 0.5) is 0 Å². The van der Waals surface area contributed by atoms with Gasteiger partial charge in [0.05, 0.1) is 10.7 Å². The van der Waals surface area contributed by atoms with Gasteiger partial charge < -0.3 is 10.4 Å². The zero-order chi connectivity index (χ0) is 13.1. The highest BCUT2D eigenvalue weighted by Gasteiger charge is 2.12. The van der Waals surface area contributed by atoms with Gasteiger partial charge in [0.15, 0.2) is 0 Å². The van der Waals surface area contributed by atoms with Gasteiger partial charge in [0.25, 0.3) is 0 Å². The standard InChI is InChI=1S/C14H18N2OS/c1-9(14-10(2)16-11(3)18-14)15-8-12-4-6-13(17)7-5-12/h4-7,9,15,17H,8H2,1-3H3. The fourth-order valence-corrected chi connectivity index (χ4v) is 2.88. The van der Waals surface area contributed by atoms with Gasteiger partial charge in [-0.25, -0.2) is 4.98 Å². The normalized spacial score (nSPS) is 12.6. The molecule has 0 amide bonds. The molecule has 1 aromatic heterocycles.